The summed E-state index contributed by atoms with van der Waals surface area (Å²) in [5, 5.41) is 0. The molecule has 1 aromatic carbocycles. The third-order valence-electron chi connectivity index (χ3n) is 2.55. The molecule has 3 heteroatoms. The van der Waals surface area contributed by atoms with E-state index in [1.165, 1.54) is 0 Å². The molecule has 0 heterocycles. The average molecular weight is 299 g/mol. The molecule has 2 nitrogen and oxygen atoms in total. The molecule has 0 aliphatic rings. The van der Waals surface area contributed by atoms with E-state index >= 15 is 0 Å². The number of rotatable bonds is 7. The van der Waals surface area contributed by atoms with Crippen molar-refractivity contribution >= 4 is 21.7 Å². The number of halogens is 1. The highest BCUT2D eigenvalue weighted by molar-refractivity contribution is 9.10. The molecule has 17 heavy (non-hydrogen) atoms. The van der Waals surface area contributed by atoms with E-state index < -0.39 is 0 Å². The van der Waals surface area contributed by atoms with Crippen LogP contribution in [-0.2, 0) is 11.2 Å². The largest absolute Gasteiger partial charge is 0.494 e. The van der Waals surface area contributed by atoms with Gasteiger partial charge >= 0.3 is 0 Å². The summed E-state index contributed by atoms with van der Waals surface area (Å²) in [5.74, 6) is 1.06. The van der Waals surface area contributed by atoms with Crippen LogP contribution in [0.1, 0.15) is 32.3 Å². The van der Waals surface area contributed by atoms with Crippen molar-refractivity contribution in [3.8, 4) is 5.75 Å². The summed E-state index contributed by atoms with van der Waals surface area (Å²) in [4.78, 5) is 11.0. The lowest BCUT2D eigenvalue weighted by Gasteiger charge is -2.08. The molecule has 0 bridgehead atoms. The summed E-state index contributed by atoms with van der Waals surface area (Å²) in [6.45, 7) is 4.51. The molecule has 0 radical (unpaired) electrons. The number of carbonyl (C=O) groups excluding carboxylic acids is 1. The van der Waals surface area contributed by atoms with E-state index in [9.17, 15) is 4.79 Å². The summed E-state index contributed by atoms with van der Waals surface area (Å²) in [6, 6.07) is 7.95. The predicted octanol–water partition coefficient (Wildman–Crippen LogP) is 3.76. The van der Waals surface area contributed by atoms with Crippen LogP contribution in [0.4, 0.5) is 0 Å². The maximum atomic E-state index is 11.1. The fourth-order valence-corrected chi connectivity index (χ4v) is 1.78. The van der Waals surface area contributed by atoms with Crippen molar-refractivity contribution in [1.82, 2.24) is 0 Å². The van der Waals surface area contributed by atoms with Gasteiger partial charge in [-0.25, -0.2) is 0 Å². The highest BCUT2D eigenvalue weighted by atomic mass is 79.9. The van der Waals surface area contributed by atoms with Crippen LogP contribution in [0.5, 0.6) is 5.75 Å². The monoisotopic (exact) mass is 298 g/mol. The second-order valence-electron chi connectivity index (χ2n) is 4.13. The first kappa shape index (κ1) is 14.2. The molecule has 1 rings (SSSR count). The number of Topliss-reactive ketones (excluding diaryl/α,β-unsaturated/α-hetero) is 1. The highest BCUT2D eigenvalue weighted by Gasteiger charge is 2.10. The summed E-state index contributed by atoms with van der Waals surface area (Å²) in [6.07, 6.45) is 2.95. The van der Waals surface area contributed by atoms with E-state index in [1.54, 1.807) is 6.92 Å². The van der Waals surface area contributed by atoms with Crippen molar-refractivity contribution in [3.63, 3.8) is 0 Å². The first-order valence-corrected chi connectivity index (χ1v) is 6.91. The van der Waals surface area contributed by atoms with E-state index in [0.717, 1.165) is 37.2 Å². The van der Waals surface area contributed by atoms with Crippen LogP contribution in [0.15, 0.2) is 24.3 Å². The van der Waals surface area contributed by atoms with Crippen LogP contribution in [0.25, 0.3) is 0 Å². The summed E-state index contributed by atoms with van der Waals surface area (Å²) in [7, 11) is 0. The molecule has 0 spiro atoms. The normalized spacial score (nSPS) is 12.2. The minimum atomic E-state index is -0.0886. The maximum Gasteiger partial charge on any atom is 0.143 e. The van der Waals surface area contributed by atoms with E-state index in [2.05, 4.69) is 22.9 Å². The lowest BCUT2D eigenvalue weighted by atomic mass is 10.1. The zero-order chi connectivity index (χ0) is 12.7. The Morgan fingerprint density at radius 1 is 1.35 bits per heavy atom. The minimum absolute atomic E-state index is 0.0886. The third kappa shape index (κ3) is 5.35. The zero-order valence-electron chi connectivity index (χ0n) is 10.4. The van der Waals surface area contributed by atoms with Crippen molar-refractivity contribution in [2.75, 3.05) is 6.61 Å². The Kier molecular flexibility index (Phi) is 6.27. The Labute approximate surface area is 111 Å². The average Bonchev–Trinajstić information content (AvgIpc) is 2.31. The lowest BCUT2D eigenvalue weighted by Crippen LogP contribution is -2.12. The van der Waals surface area contributed by atoms with E-state index in [-0.39, 0.29) is 10.6 Å². The molecule has 0 fully saturated rings. The number of unbranched alkanes of at least 4 members (excludes halogenated alkanes) is 1. The molecule has 0 aliphatic carbocycles. The standard InChI is InChI=1S/C14H19BrO2/c1-3-4-9-17-13-7-5-12(6-8-13)10-14(15)11(2)16/h5-8,14H,3-4,9-10H2,1-2H3. The van der Waals surface area contributed by atoms with Gasteiger partial charge in [-0.1, -0.05) is 41.4 Å². The second kappa shape index (κ2) is 7.49. The van der Waals surface area contributed by atoms with Gasteiger partial charge in [0.15, 0.2) is 0 Å². The van der Waals surface area contributed by atoms with Crippen LogP contribution in [-0.4, -0.2) is 17.2 Å². The second-order valence-corrected chi connectivity index (χ2v) is 5.23. The molecule has 94 valence electrons. The molecule has 0 aromatic heterocycles. The van der Waals surface area contributed by atoms with Gasteiger partial charge < -0.3 is 4.74 Å². The number of ether oxygens (including phenoxy) is 1. The van der Waals surface area contributed by atoms with Crippen LogP contribution in [0.2, 0.25) is 0 Å². The van der Waals surface area contributed by atoms with E-state index in [1.807, 2.05) is 24.3 Å². The van der Waals surface area contributed by atoms with Gasteiger partial charge in [-0.3, -0.25) is 4.79 Å². The van der Waals surface area contributed by atoms with Crippen LogP contribution in [0.3, 0.4) is 0 Å². The molecule has 0 aliphatic heterocycles. The third-order valence-corrected chi connectivity index (χ3v) is 3.51. The highest BCUT2D eigenvalue weighted by Crippen LogP contribution is 2.16. The fourth-order valence-electron chi connectivity index (χ4n) is 1.41. The Balaban J connectivity index is 2.47. The van der Waals surface area contributed by atoms with Crippen molar-refractivity contribution in [2.24, 2.45) is 0 Å². The van der Waals surface area contributed by atoms with Gasteiger partial charge in [0.1, 0.15) is 11.5 Å². The molecule has 1 unspecified atom stereocenters. The Morgan fingerprint density at radius 3 is 2.53 bits per heavy atom. The molecule has 0 N–H and O–H groups in total. The summed E-state index contributed by atoms with van der Waals surface area (Å²) < 4.78 is 5.58. The lowest BCUT2D eigenvalue weighted by molar-refractivity contribution is -0.116. The number of hydrogen-bond donors (Lipinski definition) is 0. The molecule has 0 amide bonds. The first-order valence-electron chi connectivity index (χ1n) is 5.99. The molecule has 1 atom stereocenters. The van der Waals surface area contributed by atoms with Gasteiger partial charge in [-0.15, -0.1) is 0 Å². The van der Waals surface area contributed by atoms with Crippen molar-refractivity contribution in [3.05, 3.63) is 29.8 Å². The number of carbonyl (C=O) groups is 1. The predicted molar refractivity (Wildman–Crippen MR) is 73.9 cm³/mol. The maximum absolute atomic E-state index is 11.1. The van der Waals surface area contributed by atoms with Crippen LogP contribution in [0, 0.1) is 0 Å². The van der Waals surface area contributed by atoms with Gasteiger partial charge in [0, 0.05) is 0 Å². The Morgan fingerprint density at radius 2 is 2.00 bits per heavy atom. The molecule has 0 saturated heterocycles. The SMILES string of the molecule is CCCCOc1ccc(CC(Br)C(C)=O)cc1. The van der Waals surface area contributed by atoms with Gasteiger partial charge in [-0.2, -0.15) is 0 Å². The molecule has 0 saturated carbocycles. The quantitative estimate of drug-likeness (QED) is 0.566. The zero-order valence-corrected chi connectivity index (χ0v) is 12.0. The molecular weight excluding hydrogens is 280 g/mol. The number of alkyl halides is 1. The minimum Gasteiger partial charge on any atom is -0.494 e. The van der Waals surface area contributed by atoms with E-state index in [0.29, 0.717) is 0 Å². The van der Waals surface area contributed by atoms with Crippen LogP contribution < -0.4 is 4.74 Å². The summed E-state index contributed by atoms with van der Waals surface area (Å²) >= 11 is 3.37. The Bertz CT molecular complexity index is 346. The van der Waals surface area contributed by atoms with Gasteiger partial charge in [0.25, 0.3) is 0 Å². The first-order chi connectivity index (χ1) is 8.13. The smallest absolute Gasteiger partial charge is 0.143 e. The van der Waals surface area contributed by atoms with Crippen molar-refractivity contribution in [2.45, 2.75) is 37.9 Å². The Hall–Kier alpha value is -0.830. The van der Waals surface area contributed by atoms with Gasteiger partial charge in [0.2, 0.25) is 0 Å². The van der Waals surface area contributed by atoms with Crippen molar-refractivity contribution < 1.29 is 9.53 Å². The summed E-state index contributed by atoms with van der Waals surface area (Å²) in [5.41, 5.74) is 1.14. The number of benzene rings is 1. The molecular formula is C14H19BrO2. The van der Waals surface area contributed by atoms with Crippen LogP contribution >= 0.6 is 15.9 Å². The van der Waals surface area contributed by atoms with E-state index in [4.69, 9.17) is 4.74 Å². The van der Waals surface area contributed by atoms with Gasteiger partial charge in [0.05, 0.1) is 11.4 Å². The number of ketones is 1. The topological polar surface area (TPSA) is 26.3 Å². The fraction of sp³-hybridized carbons (Fsp3) is 0.500. The molecule has 1 aromatic rings. The van der Waals surface area contributed by atoms with Gasteiger partial charge in [-0.05, 0) is 37.5 Å². The number of hydrogen-bond acceptors (Lipinski definition) is 2. The van der Waals surface area contributed by atoms with Crippen molar-refractivity contribution in [1.29, 1.82) is 0 Å².